The van der Waals surface area contributed by atoms with Crippen molar-refractivity contribution in [2.45, 2.75) is 19.5 Å². The molecule has 0 spiro atoms. The Morgan fingerprint density at radius 2 is 1.69 bits per heavy atom. The summed E-state index contributed by atoms with van der Waals surface area (Å²) in [4.78, 5) is 27.9. The summed E-state index contributed by atoms with van der Waals surface area (Å²) in [5.74, 6) is -0.878. The number of aryl methyl sites for hydroxylation is 1. The monoisotopic (exact) mass is 491 g/mol. The molecule has 0 saturated carbocycles. The van der Waals surface area contributed by atoms with Crippen LogP contribution in [0, 0.1) is 12.7 Å². The van der Waals surface area contributed by atoms with Gasteiger partial charge >= 0.3 is 0 Å². The lowest BCUT2D eigenvalue weighted by Gasteiger charge is -2.26. The normalized spacial score (nSPS) is 16.8. The largest absolute Gasteiger partial charge is 0.507 e. The summed E-state index contributed by atoms with van der Waals surface area (Å²) in [5, 5.41) is 11.2. The number of aliphatic hydroxyl groups is 1. The molecular formula is C28H26FNO6. The first-order valence-electron chi connectivity index (χ1n) is 11.2. The highest BCUT2D eigenvalue weighted by atomic mass is 19.1. The van der Waals surface area contributed by atoms with Crippen molar-refractivity contribution in [1.29, 1.82) is 0 Å². The van der Waals surface area contributed by atoms with E-state index in [9.17, 15) is 19.1 Å². The van der Waals surface area contributed by atoms with Crippen LogP contribution in [0.15, 0.2) is 66.2 Å². The standard InChI is InChI=1S/C28H26FNO6/c1-16-12-19(9-10-21(16)29)26(31)24-25(18-6-5-7-20(14-18)34-2)30(28(33)27(24)32)15-17-8-11-22(35-3)23(13-17)36-4/h5-14,25,31H,15H2,1-4H3/b26-24-. The molecule has 1 heterocycles. The van der Waals surface area contributed by atoms with Gasteiger partial charge in [0.2, 0.25) is 0 Å². The summed E-state index contributed by atoms with van der Waals surface area (Å²) < 4.78 is 29.9. The molecule has 1 atom stereocenters. The molecule has 7 nitrogen and oxygen atoms in total. The molecule has 3 aromatic rings. The second-order valence-corrected chi connectivity index (χ2v) is 8.36. The van der Waals surface area contributed by atoms with Crippen molar-refractivity contribution in [3.63, 3.8) is 0 Å². The molecule has 1 aliphatic heterocycles. The van der Waals surface area contributed by atoms with Gasteiger partial charge in [-0.15, -0.1) is 0 Å². The molecule has 36 heavy (non-hydrogen) atoms. The van der Waals surface area contributed by atoms with Gasteiger partial charge < -0.3 is 24.2 Å². The molecule has 1 amide bonds. The molecule has 186 valence electrons. The molecule has 1 unspecified atom stereocenters. The predicted octanol–water partition coefficient (Wildman–Crippen LogP) is 4.78. The number of ketones is 1. The van der Waals surface area contributed by atoms with E-state index in [1.54, 1.807) is 49.4 Å². The Balaban J connectivity index is 1.86. The smallest absolute Gasteiger partial charge is 0.295 e. The quantitative estimate of drug-likeness (QED) is 0.291. The first-order chi connectivity index (χ1) is 17.3. The van der Waals surface area contributed by atoms with Crippen molar-refractivity contribution in [2.75, 3.05) is 21.3 Å². The summed E-state index contributed by atoms with van der Waals surface area (Å²) in [7, 11) is 4.55. The maximum absolute atomic E-state index is 13.9. The maximum atomic E-state index is 13.9. The van der Waals surface area contributed by atoms with Crippen LogP contribution in [0.3, 0.4) is 0 Å². The van der Waals surface area contributed by atoms with Gasteiger partial charge in [0, 0.05) is 12.1 Å². The highest BCUT2D eigenvalue weighted by Crippen LogP contribution is 2.41. The number of amides is 1. The van der Waals surface area contributed by atoms with Crippen molar-refractivity contribution in [1.82, 2.24) is 4.90 Å². The van der Waals surface area contributed by atoms with Crippen LogP contribution in [0.5, 0.6) is 17.2 Å². The van der Waals surface area contributed by atoms with E-state index >= 15 is 0 Å². The van der Waals surface area contributed by atoms with Crippen molar-refractivity contribution < 1.29 is 33.3 Å². The van der Waals surface area contributed by atoms with Crippen molar-refractivity contribution >= 4 is 17.4 Å². The minimum Gasteiger partial charge on any atom is -0.507 e. The molecule has 1 saturated heterocycles. The zero-order valence-electron chi connectivity index (χ0n) is 20.4. The van der Waals surface area contributed by atoms with E-state index in [-0.39, 0.29) is 23.4 Å². The lowest BCUT2D eigenvalue weighted by atomic mass is 9.94. The number of benzene rings is 3. The molecule has 3 aromatic carbocycles. The highest BCUT2D eigenvalue weighted by Gasteiger charge is 2.46. The zero-order chi connectivity index (χ0) is 26.0. The van der Waals surface area contributed by atoms with E-state index in [2.05, 4.69) is 0 Å². The van der Waals surface area contributed by atoms with E-state index in [0.717, 1.165) is 0 Å². The number of nitrogens with zero attached hydrogens (tertiary/aromatic N) is 1. The van der Waals surface area contributed by atoms with Crippen molar-refractivity contribution in [3.05, 3.63) is 94.3 Å². The Bertz CT molecular complexity index is 1370. The molecule has 1 aliphatic rings. The molecule has 4 rings (SSSR count). The summed E-state index contributed by atoms with van der Waals surface area (Å²) in [5.41, 5.74) is 1.73. The molecule has 1 N–H and O–H groups in total. The summed E-state index contributed by atoms with van der Waals surface area (Å²) in [6.07, 6.45) is 0. The fourth-order valence-electron chi connectivity index (χ4n) is 4.32. The van der Waals surface area contributed by atoms with Gasteiger partial charge in [-0.05, 0) is 66.1 Å². The summed E-state index contributed by atoms with van der Waals surface area (Å²) in [6, 6.07) is 15.3. The number of ether oxygens (including phenoxy) is 3. The third-order valence-electron chi connectivity index (χ3n) is 6.18. The molecule has 0 radical (unpaired) electrons. The maximum Gasteiger partial charge on any atom is 0.295 e. The van der Waals surface area contributed by atoms with Crippen LogP contribution in [0.1, 0.15) is 28.3 Å². The highest BCUT2D eigenvalue weighted by molar-refractivity contribution is 6.46. The number of Topliss-reactive ketones (excluding diaryl/α,β-unsaturated/α-hetero) is 1. The first-order valence-corrected chi connectivity index (χ1v) is 11.2. The van der Waals surface area contributed by atoms with Crippen LogP contribution >= 0.6 is 0 Å². The molecule has 8 heteroatoms. The van der Waals surface area contributed by atoms with Crippen molar-refractivity contribution in [2.24, 2.45) is 0 Å². The van der Waals surface area contributed by atoms with Crippen LogP contribution in [-0.4, -0.2) is 43.0 Å². The van der Waals surface area contributed by atoms with Crippen molar-refractivity contribution in [3.8, 4) is 17.2 Å². The SMILES string of the molecule is COc1cccc(C2/C(=C(/O)c3ccc(F)c(C)c3)C(=O)C(=O)N2Cc2ccc(OC)c(OC)c2)c1. The van der Waals surface area contributed by atoms with E-state index in [1.165, 1.54) is 44.4 Å². The van der Waals surface area contributed by atoms with Crippen LogP contribution in [0.4, 0.5) is 4.39 Å². The van der Waals surface area contributed by atoms with Gasteiger partial charge in [0.25, 0.3) is 11.7 Å². The first kappa shape index (κ1) is 24.8. The van der Waals surface area contributed by atoms with Crippen LogP contribution in [0.2, 0.25) is 0 Å². The Hall–Kier alpha value is -4.33. The molecule has 0 aromatic heterocycles. The van der Waals surface area contributed by atoms with Crippen LogP contribution in [0.25, 0.3) is 5.76 Å². The molecular weight excluding hydrogens is 465 g/mol. The Labute approximate surface area is 208 Å². The minimum atomic E-state index is -0.904. The molecule has 1 fully saturated rings. The lowest BCUT2D eigenvalue weighted by molar-refractivity contribution is -0.140. The van der Waals surface area contributed by atoms with Crippen LogP contribution < -0.4 is 14.2 Å². The van der Waals surface area contributed by atoms with E-state index in [0.29, 0.717) is 33.9 Å². The van der Waals surface area contributed by atoms with Gasteiger partial charge in [0.05, 0.1) is 32.9 Å². The predicted molar refractivity (Wildman–Crippen MR) is 132 cm³/mol. The number of halogens is 1. The van der Waals surface area contributed by atoms with E-state index in [1.807, 2.05) is 0 Å². The van der Waals surface area contributed by atoms with E-state index in [4.69, 9.17) is 14.2 Å². The molecule has 0 bridgehead atoms. The van der Waals surface area contributed by atoms with Gasteiger partial charge in [-0.25, -0.2) is 4.39 Å². The number of hydrogen-bond acceptors (Lipinski definition) is 6. The third kappa shape index (κ3) is 4.49. The number of methoxy groups -OCH3 is 3. The zero-order valence-corrected chi connectivity index (χ0v) is 20.4. The third-order valence-corrected chi connectivity index (χ3v) is 6.18. The topological polar surface area (TPSA) is 85.3 Å². The second-order valence-electron chi connectivity index (χ2n) is 8.36. The van der Waals surface area contributed by atoms with Gasteiger partial charge in [-0.2, -0.15) is 0 Å². The van der Waals surface area contributed by atoms with Gasteiger partial charge in [0.15, 0.2) is 11.5 Å². The number of rotatable bonds is 7. The van der Waals surface area contributed by atoms with E-state index < -0.39 is 23.5 Å². The van der Waals surface area contributed by atoms with Gasteiger partial charge in [-0.1, -0.05) is 18.2 Å². The molecule has 0 aliphatic carbocycles. The average Bonchev–Trinajstić information content (AvgIpc) is 3.14. The fraction of sp³-hybridized carbons (Fsp3) is 0.214. The average molecular weight is 492 g/mol. The number of carbonyl (C=O) groups is 2. The summed E-state index contributed by atoms with van der Waals surface area (Å²) in [6.45, 7) is 1.62. The second kappa shape index (κ2) is 10.1. The Morgan fingerprint density at radius 3 is 2.36 bits per heavy atom. The number of likely N-dealkylation sites (tertiary alicyclic amines) is 1. The van der Waals surface area contributed by atoms with Crippen LogP contribution in [-0.2, 0) is 16.1 Å². The number of aliphatic hydroxyl groups excluding tert-OH is 1. The summed E-state index contributed by atoms with van der Waals surface area (Å²) >= 11 is 0. The fourth-order valence-corrected chi connectivity index (χ4v) is 4.32. The Morgan fingerprint density at radius 1 is 0.944 bits per heavy atom. The van der Waals surface area contributed by atoms with Gasteiger partial charge in [0.1, 0.15) is 17.3 Å². The van der Waals surface area contributed by atoms with Gasteiger partial charge in [-0.3, -0.25) is 9.59 Å². The Kier molecular flexibility index (Phi) is 6.96. The number of hydrogen-bond donors (Lipinski definition) is 1. The lowest BCUT2D eigenvalue weighted by Crippen LogP contribution is -2.29. The minimum absolute atomic E-state index is 0.0615. The number of carbonyl (C=O) groups excluding carboxylic acids is 2.